The Hall–Kier alpha value is -0.200. The van der Waals surface area contributed by atoms with Crippen LogP contribution < -0.4 is 0 Å². The van der Waals surface area contributed by atoms with Gasteiger partial charge in [-0.05, 0) is 57.8 Å². The van der Waals surface area contributed by atoms with Crippen molar-refractivity contribution in [1.82, 2.24) is 0 Å². The molecule has 4 saturated carbocycles. The fraction of sp³-hybridized carbons (Fsp3) is 1.00. The van der Waals surface area contributed by atoms with E-state index in [1.54, 1.807) is 0 Å². The lowest BCUT2D eigenvalue weighted by Crippen LogP contribution is -2.62. The Morgan fingerprint density at radius 3 is 0.875 bits per heavy atom. The number of ether oxygens (including phenoxy) is 5. The highest BCUT2D eigenvalue weighted by molar-refractivity contribution is 5.09. The van der Waals surface area contributed by atoms with Crippen LogP contribution in [0.2, 0.25) is 0 Å². The summed E-state index contributed by atoms with van der Waals surface area (Å²) in [5.74, 6) is 0. The first-order chi connectivity index (χ1) is 15.7. The lowest BCUT2D eigenvalue weighted by atomic mass is 9.63. The average molecular weight is 451 g/mol. The minimum absolute atomic E-state index is 0.0958. The largest absolute Gasteiger partial charge is 0.377 e. The van der Waals surface area contributed by atoms with Crippen molar-refractivity contribution >= 4 is 0 Å². The fourth-order valence-corrected chi connectivity index (χ4v) is 8.00. The van der Waals surface area contributed by atoms with Crippen molar-refractivity contribution in [2.75, 3.05) is 39.6 Å². The maximum Gasteiger partial charge on any atom is 0.0971 e. The monoisotopic (exact) mass is 450 g/mol. The molecular formula is C27H46O5. The van der Waals surface area contributed by atoms with E-state index in [4.69, 9.17) is 23.7 Å². The average Bonchev–Trinajstić information content (AvgIpc) is 2.83. The van der Waals surface area contributed by atoms with E-state index in [0.717, 1.165) is 71.0 Å². The van der Waals surface area contributed by atoms with E-state index in [9.17, 15) is 0 Å². The van der Waals surface area contributed by atoms with Crippen molar-refractivity contribution < 1.29 is 23.7 Å². The molecule has 0 amide bonds. The summed E-state index contributed by atoms with van der Waals surface area (Å²) >= 11 is 0. The van der Waals surface area contributed by atoms with Crippen molar-refractivity contribution in [3.8, 4) is 0 Å². The predicted molar refractivity (Wildman–Crippen MR) is 124 cm³/mol. The van der Waals surface area contributed by atoms with Gasteiger partial charge in [0.15, 0.2) is 0 Å². The van der Waals surface area contributed by atoms with Gasteiger partial charge in [0, 0.05) is 13.2 Å². The van der Waals surface area contributed by atoms with Gasteiger partial charge in [-0.1, -0.05) is 51.4 Å². The van der Waals surface area contributed by atoms with Crippen molar-refractivity contribution in [3.63, 3.8) is 0 Å². The molecule has 5 heteroatoms. The van der Waals surface area contributed by atoms with Crippen molar-refractivity contribution in [3.05, 3.63) is 0 Å². The predicted octanol–water partition coefficient (Wildman–Crippen LogP) is 5.72. The van der Waals surface area contributed by atoms with Crippen molar-refractivity contribution in [2.45, 2.75) is 132 Å². The van der Waals surface area contributed by atoms with Gasteiger partial charge in [0.1, 0.15) is 0 Å². The maximum atomic E-state index is 6.82. The zero-order valence-corrected chi connectivity index (χ0v) is 20.3. The van der Waals surface area contributed by atoms with Crippen LogP contribution >= 0.6 is 0 Å². The highest BCUT2D eigenvalue weighted by Gasteiger charge is 2.57. The zero-order chi connectivity index (χ0) is 21.8. The van der Waals surface area contributed by atoms with Crippen LogP contribution in [0.1, 0.15) is 109 Å². The molecule has 0 bridgehead atoms. The molecule has 0 N–H and O–H groups in total. The topological polar surface area (TPSA) is 46.2 Å². The van der Waals surface area contributed by atoms with Crippen LogP contribution in [0.25, 0.3) is 0 Å². The Bertz CT molecular complexity index is 531. The van der Waals surface area contributed by atoms with E-state index in [1.807, 2.05) is 0 Å². The van der Waals surface area contributed by atoms with Crippen molar-refractivity contribution in [2.24, 2.45) is 0 Å². The molecule has 5 fully saturated rings. The van der Waals surface area contributed by atoms with Crippen LogP contribution in [0.4, 0.5) is 0 Å². The van der Waals surface area contributed by atoms with Crippen LogP contribution in [0.15, 0.2) is 0 Å². The number of rotatable bonds is 0. The summed E-state index contributed by atoms with van der Waals surface area (Å²) in [5.41, 5.74) is -0.410. The van der Waals surface area contributed by atoms with E-state index in [0.29, 0.717) is 26.4 Å². The van der Waals surface area contributed by atoms with Gasteiger partial charge in [0.05, 0.1) is 48.8 Å². The highest BCUT2D eigenvalue weighted by atomic mass is 16.6. The second-order valence-corrected chi connectivity index (χ2v) is 11.2. The molecule has 1 saturated heterocycles. The molecule has 0 radical (unpaired) electrons. The van der Waals surface area contributed by atoms with E-state index in [1.165, 1.54) is 51.4 Å². The van der Waals surface area contributed by atoms with Crippen LogP contribution in [-0.4, -0.2) is 62.0 Å². The third-order valence-electron chi connectivity index (χ3n) is 9.56. The zero-order valence-electron chi connectivity index (χ0n) is 20.3. The minimum Gasteiger partial charge on any atom is -0.377 e. The number of hydrogen-bond acceptors (Lipinski definition) is 5. The summed E-state index contributed by atoms with van der Waals surface area (Å²) in [5, 5.41) is 0. The molecule has 0 aromatic rings. The second-order valence-electron chi connectivity index (χ2n) is 11.2. The van der Waals surface area contributed by atoms with Gasteiger partial charge in [-0.15, -0.1) is 0 Å². The molecule has 5 rings (SSSR count). The van der Waals surface area contributed by atoms with Gasteiger partial charge in [-0.3, -0.25) is 0 Å². The summed E-state index contributed by atoms with van der Waals surface area (Å²) < 4.78 is 33.0. The van der Waals surface area contributed by atoms with E-state index in [2.05, 4.69) is 0 Å². The first kappa shape index (κ1) is 23.5. The van der Waals surface area contributed by atoms with Crippen LogP contribution in [0.5, 0.6) is 0 Å². The summed E-state index contributed by atoms with van der Waals surface area (Å²) in [4.78, 5) is 0. The molecule has 0 aromatic carbocycles. The third-order valence-corrected chi connectivity index (χ3v) is 9.56. The third kappa shape index (κ3) is 4.30. The van der Waals surface area contributed by atoms with Crippen LogP contribution in [-0.2, 0) is 23.7 Å². The normalized spacial score (nSPS) is 45.0. The molecule has 0 spiro atoms. The Morgan fingerprint density at radius 1 is 0.281 bits per heavy atom. The summed E-state index contributed by atoms with van der Waals surface area (Å²) in [6, 6.07) is 0. The second kappa shape index (κ2) is 10.2. The maximum absolute atomic E-state index is 6.82. The Labute approximate surface area is 195 Å². The Kier molecular flexibility index (Phi) is 7.50. The summed E-state index contributed by atoms with van der Waals surface area (Å²) in [7, 11) is 0. The van der Waals surface area contributed by atoms with Gasteiger partial charge in [0.2, 0.25) is 0 Å². The Morgan fingerprint density at radius 2 is 0.562 bits per heavy atom. The van der Waals surface area contributed by atoms with E-state index < -0.39 is 0 Å². The molecular weight excluding hydrogens is 404 g/mol. The molecule has 184 valence electrons. The molecule has 5 aliphatic rings. The summed E-state index contributed by atoms with van der Waals surface area (Å²) in [6.07, 6.45) is 20.2. The molecule has 0 aromatic heterocycles. The van der Waals surface area contributed by atoms with E-state index in [-0.39, 0.29) is 22.4 Å². The molecule has 4 aliphatic carbocycles. The molecule has 0 atom stereocenters. The van der Waals surface area contributed by atoms with Gasteiger partial charge in [0.25, 0.3) is 0 Å². The minimum atomic E-state index is -0.109. The van der Waals surface area contributed by atoms with Gasteiger partial charge >= 0.3 is 0 Å². The Balaban J connectivity index is 1.31. The standard InChI is InChI=1S/C27H46O5/c1-5-14-26-15-6-2-11-24(26,10-1)29-18-9-19-30-25-12-3-7-16-27(25,17-8-4-13-25)32-23-21-28-20-22-31-26/h1-23H2. The fourth-order valence-electron chi connectivity index (χ4n) is 8.00. The summed E-state index contributed by atoms with van der Waals surface area (Å²) in [6.45, 7) is 4.20. The van der Waals surface area contributed by atoms with Gasteiger partial charge in [-0.25, -0.2) is 0 Å². The van der Waals surface area contributed by atoms with Gasteiger partial charge < -0.3 is 23.7 Å². The van der Waals surface area contributed by atoms with Gasteiger partial charge in [-0.2, -0.15) is 0 Å². The van der Waals surface area contributed by atoms with E-state index >= 15 is 0 Å². The molecule has 32 heavy (non-hydrogen) atoms. The quantitative estimate of drug-likeness (QED) is 0.472. The smallest absolute Gasteiger partial charge is 0.0971 e. The SMILES string of the molecule is C1COC23CCCCC2(CCCC3)OCCOCCOC23CCCCC2(CCCC3)OC1. The van der Waals surface area contributed by atoms with Crippen LogP contribution in [0, 0.1) is 0 Å². The highest BCUT2D eigenvalue weighted by Crippen LogP contribution is 2.53. The molecule has 1 aliphatic heterocycles. The van der Waals surface area contributed by atoms with Crippen molar-refractivity contribution in [1.29, 1.82) is 0 Å². The molecule has 5 nitrogen and oxygen atoms in total. The first-order valence-electron chi connectivity index (χ1n) is 13.9. The molecule has 0 unspecified atom stereocenters. The first-order valence-corrected chi connectivity index (χ1v) is 13.9. The van der Waals surface area contributed by atoms with Crippen LogP contribution in [0.3, 0.4) is 0 Å². The molecule has 1 heterocycles. The lowest BCUT2D eigenvalue weighted by Gasteiger charge is -2.56. The number of hydrogen-bond donors (Lipinski definition) is 0. The lowest BCUT2D eigenvalue weighted by molar-refractivity contribution is -0.263.